The maximum Gasteiger partial charge on any atom is 0.0570 e. The number of fused-ring (bicyclic) bond motifs is 1. The largest absolute Gasteiger partial charge is 0.354 e. The Morgan fingerprint density at radius 2 is 2.06 bits per heavy atom. The van der Waals surface area contributed by atoms with Gasteiger partial charge in [-0.15, -0.1) is 0 Å². The molecule has 0 amide bonds. The number of anilines is 2. The summed E-state index contributed by atoms with van der Waals surface area (Å²) in [6.07, 6.45) is 5.65. The van der Waals surface area contributed by atoms with Gasteiger partial charge in [0.15, 0.2) is 0 Å². The van der Waals surface area contributed by atoms with Crippen molar-refractivity contribution >= 4 is 22.3 Å². The molecule has 0 saturated heterocycles. The van der Waals surface area contributed by atoms with Crippen LogP contribution in [-0.2, 0) is 7.05 Å². The molecule has 0 unspecified atom stereocenters. The summed E-state index contributed by atoms with van der Waals surface area (Å²) in [6.45, 7) is 0. The van der Waals surface area contributed by atoms with Crippen LogP contribution in [0.1, 0.15) is 0 Å². The number of pyridine rings is 1. The number of hydrogen-bond donors (Lipinski definition) is 1. The SMILES string of the molecule is Cn1ccc2cc(Nc3cccnc3)ccc21. The lowest BCUT2D eigenvalue weighted by molar-refractivity contribution is 0.969. The molecular formula is C14H13N3. The summed E-state index contributed by atoms with van der Waals surface area (Å²) in [7, 11) is 2.05. The normalized spacial score (nSPS) is 10.6. The van der Waals surface area contributed by atoms with E-state index >= 15 is 0 Å². The van der Waals surface area contributed by atoms with E-state index in [4.69, 9.17) is 0 Å². The lowest BCUT2D eigenvalue weighted by Gasteiger charge is -2.06. The molecule has 0 bridgehead atoms. The highest BCUT2D eigenvalue weighted by atomic mass is 14.9. The van der Waals surface area contributed by atoms with Gasteiger partial charge in [-0.25, -0.2) is 0 Å². The summed E-state index contributed by atoms with van der Waals surface area (Å²) in [6, 6.07) is 12.4. The minimum Gasteiger partial charge on any atom is -0.354 e. The van der Waals surface area contributed by atoms with E-state index in [1.165, 1.54) is 10.9 Å². The van der Waals surface area contributed by atoms with Gasteiger partial charge in [0.05, 0.1) is 11.9 Å². The van der Waals surface area contributed by atoms with Crippen molar-refractivity contribution in [2.45, 2.75) is 0 Å². The molecule has 84 valence electrons. The fourth-order valence-corrected chi connectivity index (χ4v) is 1.96. The number of rotatable bonds is 2. The van der Waals surface area contributed by atoms with Gasteiger partial charge in [-0.2, -0.15) is 0 Å². The first-order chi connectivity index (χ1) is 8.33. The van der Waals surface area contributed by atoms with Gasteiger partial charge in [0.1, 0.15) is 0 Å². The zero-order valence-electron chi connectivity index (χ0n) is 9.59. The Balaban J connectivity index is 1.96. The number of hydrogen-bond acceptors (Lipinski definition) is 2. The Labute approximate surface area is 99.7 Å². The number of nitrogens with one attached hydrogen (secondary N) is 1. The van der Waals surface area contributed by atoms with Crippen molar-refractivity contribution in [3.63, 3.8) is 0 Å². The zero-order valence-corrected chi connectivity index (χ0v) is 9.59. The third kappa shape index (κ3) is 1.87. The summed E-state index contributed by atoms with van der Waals surface area (Å²) in [5.74, 6) is 0. The lowest BCUT2D eigenvalue weighted by Crippen LogP contribution is -1.90. The highest BCUT2D eigenvalue weighted by Gasteiger charge is 1.99. The fraction of sp³-hybridized carbons (Fsp3) is 0.0714. The number of benzene rings is 1. The predicted octanol–water partition coefficient (Wildman–Crippen LogP) is 3.32. The summed E-state index contributed by atoms with van der Waals surface area (Å²) in [5, 5.41) is 4.57. The number of aromatic nitrogens is 2. The molecule has 2 aromatic heterocycles. The topological polar surface area (TPSA) is 29.9 Å². The maximum absolute atomic E-state index is 4.08. The minimum atomic E-state index is 1.00. The van der Waals surface area contributed by atoms with Gasteiger partial charge in [0.25, 0.3) is 0 Å². The monoisotopic (exact) mass is 223 g/mol. The molecule has 3 heteroatoms. The van der Waals surface area contributed by atoms with E-state index in [2.05, 4.69) is 52.4 Å². The van der Waals surface area contributed by atoms with Gasteiger partial charge < -0.3 is 9.88 Å². The molecule has 17 heavy (non-hydrogen) atoms. The Morgan fingerprint density at radius 1 is 1.12 bits per heavy atom. The molecule has 0 radical (unpaired) electrons. The first-order valence-electron chi connectivity index (χ1n) is 5.55. The lowest BCUT2D eigenvalue weighted by atomic mass is 10.2. The van der Waals surface area contributed by atoms with Gasteiger partial charge in [-0.1, -0.05) is 0 Å². The summed E-state index contributed by atoms with van der Waals surface area (Å²) in [5.41, 5.74) is 3.32. The third-order valence-corrected chi connectivity index (χ3v) is 2.84. The van der Waals surface area contributed by atoms with Crippen LogP contribution in [0.4, 0.5) is 11.4 Å². The van der Waals surface area contributed by atoms with Crippen LogP contribution in [0.25, 0.3) is 10.9 Å². The van der Waals surface area contributed by atoms with Crippen LogP contribution in [0.3, 0.4) is 0 Å². The van der Waals surface area contributed by atoms with Crippen molar-refractivity contribution in [1.82, 2.24) is 9.55 Å². The molecule has 0 fully saturated rings. The van der Waals surface area contributed by atoms with E-state index in [-0.39, 0.29) is 0 Å². The predicted molar refractivity (Wildman–Crippen MR) is 70.4 cm³/mol. The average molecular weight is 223 g/mol. The molecule has 2 heterocycles. The van der Waals surface area contributed by atoms with Gasteiger partial charge in [-0.3, -0.25) is 4.98 Å². The summed E-state index contributed by atoms with van der Waals surface area (Å²) in [4.78, 5) is 4.08. The highest BCUT2D eigenvalue weighted by molar-refractivity contribution is 5.84. The molecule has 0 atom stereocenters. The van der Waals surface area contributed by atoms with Crippen LogP contribution in [0.5, 0.6) is 0 Å². The van der Waals surface area contributed by atoms with Gasteiger partial charge in [0, 0.05) is 36.0 Å². The molecule has 3 nitrogen and oxygen atoms in total. The van der Waals surface area contributed by atoms with E-state index in [0.29, 0.717) is 0 Å². The second kappa shape index (κ2) is 3.94. The zero-order chi connectivity index (χ0) is 11.7. The quantitative estimate of drug-likeness (QED) is 0.722. The molecule has 0 aliphatic rings. The van der Waals surface area contributed by atoms with Crippen LogP contribution in [0.15, 0.2) is 55.0 Å². The van der Waals surface area contributed by atoms with E-state index in [0.717, 1.165) is 11.4 Å². The van der Waals surface area contributed by atoms with E-state index in [1.807, 2.05) is 18.3 Å². The van der Waals surface area contributed by atoms with Crippen molar-refractivity contribution in [3.8, 4) is 0 Å². The Hall–Kier alpha value is -2.29. The van der Waals surface area contributed by atoms with Crippen LogP contribution in [0, 0.1) is 0 Å². The second-order valence-electron chi connectivity index (χ2n) is 4.07. The van der Waals surface area contributed by atoms with Crippen molar-refractivity contribution in [2.24, 2.45) is 7.05 Å². The van der Waals surface area contributed by atoms with Crippen LogP contribution in [0.2, 0.25) is 0 Å². The van der Waals surface area contributed by atoms with E-state index in [9.17, 15) is 0 Å². The van der Waals surface area contributed by atoms with Gasteiger partial charge >= 0.3 is 0 Å². The van der Waals surface area contributed by atoms with Crippen molar-refractivity contribution in [3.05, 3.63) is 55.0 Å². The molecule has 0 aliphatic carbocycles. The molecule has 3 aromatic rings. The summed E-state index contributed by atoms with van der Waals surface area (Å²) < 4.78 is 2.11. The third-order valence-electron chi connectivity index (χ3n) is 2.84. The minimum absolute atomic E-state index is 1.00. The molecule has 0 saturated carbocycles. The summed E-state index contributed by atoms with van der Waals surface area (Å²) >= 11 is 0. The maximum atomic E-state index is 4.08. The van der Waals surface area contributed by atoms with Crippen molar-refractivity contribution < 1.29 is 0 Å². The Morgan fingerprint density at radius 3 is 2.88 bits per heavy atom. The molecule has 0 aliphatic heterocycles. The highest BCUT2D eigenvalue weighted by Crippen LogP contribution is 2.22. The van der Waals surface area contributed by atoms with Crippen molar-refractivity contribution in [1.29, 1.82) is 0 Å². The molecule has 0 spiro atoms. The van der Waals surface area contributed by atoms with Crippen LogP contribution >= 0.6 is 0 Å². The first-order valence-corrected chi connectivity index (χ1v) is 5.55. The molecular weight excluding hydrogens is 210 g/mol. The Kier molecular flexibility index (Phi) is 2.29. The number of aryl methyl sites for hydroxylation is 1. The molecule has 1 N–H and O–H groups in total. The fourth-order valence-electron chi connectivity index (χ4n) is 1.96. The number of nitrogens with zero attached hydrogens (tertiary/aromatic N) is 2. The standard InChI is InChI=1S/C14H13N3/c1-17-8-6-11-9-12(4-5-14(11)17)16-13-3-2-7-15-10-13/h2-10,16H,1H3. The van der Waals surface area contributed by atoms with E-state index < -0.39 is 0 Å². The molecule has 1 aromatic carbocycles. The smallest absolute Gasteiger partial charge is 0.0570 e. The van der Waals surface area contributed by atoms with Gasteiger partial charge in [-0.05, 0) is 36.4 Å². The molecule has 3 rings (SSSR count). The second-order valence-corrected chi connectivity index (χ2v) is 4.07. The van der Waals surface area contributed by atoms with Crippen LogP contribution in [-0.4, -0.2) is 9.55 Å². The Bertz CT molecular complexity index is 641. The first kappa shape index (κ1) is 9.90. The van der Waals surface area contributed by atoms with Crippen molar-refractivity contribution in [2.75, 3.05) is 5.32 Å². The van der Waals surface area contributed by atoms with Crippen LogP contribution < -0.4 is 5.32 Å². The van der Waals surface area contributed by atoms with Gasteiger partial charge in [0.2, 0.25) is 0 Å². The van der Waals surface area contributed by atoms with E-state index in [1.54, 1.807) is 6.20 Å². The average Bonchev–Trinajstić information content (AvgIpc) is 2.72.